The Balaban J connectivity index is 1.23. The number of likely N-dealkylation sites (N-methyl/N-ethyl adjacent to an activating group) is 1. The van der Waals surface area contributed by atoms with E-state index in [4.69, 9.17) is 9.72 Å². The summed E-state index contributed by atoms with van der Waals surface area (Å²) in [5, 5.41) is 8.39. The topological polar surface area (TPSA) is 132 Å². The molecule has 0 saturated carbocycles. The molecule has 0 unspecified atom stereocenters. The van der Waals surface area contributed by atoms with E-state index in [1.54, 1.807) is 18.7 Å². The molecule has 4 bridgehead atoms. The van der Waals surface area contributed by atoms with Crippen molar-refractivity contribution in [3.05, 3.63) is 79.1 Å². The highest BCUT2D eigenvalue weighted by Crippen LogP contribution is 2.34. The minimum Gasteiger partial charge on any atom is -0.375 e. The van der Waals surface area contributed by atoms with Gasteiger partial charge in [-0.1, -0.05) is 12.1 Å². The summed E-state index contributed by atoms with van der Waals surface area (Å²) >= 11 is 0. The van der Waals surface area contributed by atoms with Crippen molar-refractivity contribution >= 4 is 39.7 Å². The number of para-hydroxylation sites is 1. The Kier molecular flexibility index (Phi) is 7.82. The van der Waals surface area contributed by atoms with Crippen LogP contribution in [0.3, 0.4) is 0 Å². The molecular weight excluding hydrogens is 632 g/mol. The van der Waals surface area contributed by atoms with Crippen molar-refractivity contribution < 1.29 is 18.3 Å². The third kappa shape index (κ3) is 5.49. The zero-order chi connectivity index (χ0) is 33.6. The quantitative estimate of drug-likeness (QED) is 0.286. The summed E-state index contributed by atoms with van der Waals surface area (Å²) in [7, 11) is 0. The molecule has 15 heteroatoms. The van der Waals surface area contributed by atoms with Crippen LogP contribution in [0.1, 0.15) is 20.3 Å². The van der Waals surface area contributed by atoms with E-state index < -0.39 is 17.7 Å². The number of ether oxygens (including phenoxy) is 1. The first kappa shape index (κ1) is 30.7. The third-order valence-corrected chi connectivity index (χ3v) is 9.16. The number of fused-ring (bicyclic) bond motifs is 6. The van der Waals surface area contributed by atoms with Gasteiger partial charge < -0.3 is 24.4 Å². The lowest BCUT2D eigenvalue weighted by Crippen LogP contribution is -2.49. The number of anilines is 2. The summed E-state index contributed by atoms with van der Waals surface area (Å²) in [5.74, 6) is -0.647. The van der Waals surface area contributed by atoms with E-state index in [0.717, 1.165) is 28.4 Å². The molecule has 1 amide bonds. The molecule has 1 saturated heterocycles. The van der Waals surface area contributed by atoms with Crippen molar-refractivity contribution in [2.24, 2.45) is 0 Å². The van der Waals surface area contributed by atoms with Crippen LogP contribution in [-0.2, 0) is 16.1 Å². The Labute approximate surface area is 279 Å². The van der Waals surface area contributed by atoms with Crippen molar-refractivity contribution in [2.45, 2.75) is 45.0 Å². The van der Waals surface area contributed by atoms with E-state index in [-0.39, 0.29) is 23.7 Å². The third-order valence-electron chi connectivity index (χ3n) is 9.16. The molecule has 0 radical (unpaired) electrons. The lowest BCUT2D eigenvalue weighted by Gasteiger charge is -2.32. The maximum Gasteiger partial charge on any atom is 0.245 e. The molecule has 6 aromatic rings. The maximum absolute atomic E-state index is 14.8. The summed E-state index contributed by atoms with van der Waals surface area (Å²) in [6.07, 6.45) is 6.55. The molecule has 2 aliphatic heterocycles. The fourth-order valence-electron chi connectivity index (χ4n) is 6.98. The van der Waals surface area contributed by atoms with Gasteiger partial charge in [0.15, 0.2) is 11.5 Å². The molecule has 4 aromatic heterocycles. The fourth-order valence-corrected chi connectivity index (χ4v) is 6.98. The average molecular weight is 666 g/mol. The average Bonchev–Trinajstić information content (AvgIpc) is 3.84. The predicted octanol–water partition coefficient (Wildman–Crippen LogP) is 4.23. The number of nitrogens with one attached hydrogen (secondary N) is 1. The Morgan fingerprint density at radius 3 is 2.76 bits per heavy atom. The summed E-state index contributed by atoms with van der Waals surface area (Å²) in [6, 6.07) is 10.3. The summed E-state index contributed by atoms with van der Waals surface area (Å²) in [4.78, 5) is 41.4. The second kappa shape index (κ2) is 12.5. The second-order valence-electron chi connectivity index (χ2n) is 12.1. The van der Waals surface area contributed by atoms with Crippen molar-refractivity contribution in [1.29, 1.82) is 0 Å². The molecule has 1 fully saturated rings. The highest BCUT2D eigenvalue weighted by atomic mass is 19.1. The normalized spacial score (nSPS) is 19.7. The zero-order valence-corrected chi connectivity index (χ0v) is 26.9. The standard InChI is InChI=1S/C34H33F2N11O2/c1-3-44-16-22(49-4-2)17-45-19-40-27-7-5-6-23(30(27)45)26-10-11-37-34(43-26)42-21-13-29(33(44)48)46(15-21)31-24-14-41-47(32(24)39-18-38-31)28-9-8-20(35)12-25(28)36/h5-12,14,18-19,21-22,29H,3-4,13,15-17H2,1-2H3,(H,37,42,43)/t21-,22-,29-/m0/s1. The minimum atomic E-state index is -0.777. The van der Waals surface area contributed by atoms with Crippen LogP contribution in [0, 0.1) is 11.6 Å². The van der Waals surface area contributed by atoms with Crippen molar-refractivity contribution in [2.75, 3.05) is 36.5 Å². The van der Waals surface area contributed by atoms with Gasteiger partial charge in [0.05, 0.1) is 47.3 Å². The Hall–Kier alpha value is -5.57. The Morgan fingerprint density at radius 2 is 1.92 bits per heavy atom. The van der Waals surface area contributed by atoms with Gasteiger partial charge in [-0.2, -0.15) is 5.10 Å². The van der Waals surface area contributed by atoms with E-state index in [2.05, 4.69) is 34.9 Å². The van der Waals surface area contributed by atoms with E-state index in [9.17, 15) is 13.6 Å². The number of hydrogen-bond acceptors (Lipinski definition) is 10. The van der Waals surface area contributed by atoms with E-state index in [1.165, 1.54) is 23.1 Å². The molecule has 8 rings (SSSR count). The van der Waals surface area contributed by atoms with Crippen molar-refractivity contribution in [3.63, 3.8) is 0 Å². The van der Waals surface area contributed by atoms with Gasteiger partial charge in [-0.05, 0) is 44.5 Å². The van der Waals surface area contributed by atoms with Crippen molar-refractivity contribution in [3.8, 4) is 16.9 Å². The number of nitrogens with zero attached hydrogens (tertiary/aromatic N) is 10. The first-order valence-corrected chi connectivity index (χ1v) is 16.3. The SMILES string of the molecule is CCO[C@H]1CN(CC)C(=O)[C@@H]2C[C@@H](CN2c2ncnc3c2cnn3-c2ccc(F)cc2F)Nc2nccc(n2)-c2cccc3ncn(c23)C1. The number of aromatic nitrogens is 8. The molecule has 0 aliphatic carbocycles. The highest BCUT2D eigenvalue weighted by Gasteiger charge is 2.41. The molecular formula is C34H33F2N11O2. The van der Waals surface area contributed by atoms with Crippen LogP contribution in [0.15, 0.2) is 67.5 Å². The number of carbonyl (C=O) groups excluding carboxylic acids is 1. The van der Waals surface area contributed by atoms with Gasteiger partial charge in [0.2, 0.25) is 11.9 Å². The monoisotopic (exact) mass is 665 g/mol. The van der Waals surface area contributed by atoms with E-state index in [1.807, 2.05) is 47.9 Å². The molecule has 13 nitrogen and oxygen atoms in total. The van der Waals surface area contributed by atoms with Crippen LogP contribution >= 0.6 is 0 Å². The number of amides is 1. The number of imidazole rings is 1. The molecule has 3 atom stereocenters. The van der Waals surface area contributed by atoms with E-state index >= 15 is 0 Å². The summed E-state index contributed by atoms with van der Waals surface area (Å²) < 4.78 is 38.1. The molecule has 1 N–H and O–H groups in total. The first-order chi connectivity index (χ1) is 23.9. The van der Waals surface area contributed by atoms with Gasteiger partial charge >= 0.3 is 0 Å². The van der Waals surface area contributed by atoms with Crippen LogP contribution in [0.4, 0.5) is 20.5 Å². The number of rotatable bonds is 5. The molecule has 2 aromatic carbocycles. The minimum absolute atomic E-state index is 0.0453. The second-order valence-corrected chi connectivity index (χ2v) is 12.1. The van der Waals surface area contributed by atoms with Crippen molar-refractivity contribution in [1.82, 2.24) is 44.2 Å². The Bertz CT molecular complexity index is 2190. The largest absolute Gasteiger partial charge is 0.375 e. The number of halogens is 2. The van der Waals surface area contributed by atoms with Gasteiger partial charge in [0.25, 0.3) is 0 Å². The van der Waals surface area contributed by atoms with E-state index in [0.29, 0.717) is 62.0 Å². The lowest BCUT2D eigenvalue weighted by molar-refractivity contribution is -0.134. The van der Waals surface area contributed by atoms with Crippen LogP contribution in [-0.4, -0.2) is 94.5 Å². The number of hydrogen-bond donors (Lipinski definition) is 1. The van der Waals surface area contributed by atoms with Gasteiger partial charge in [-0.15, -0.1) is 0 Å². The first-order valence-electron chi connectivity index (χ1n) is 16.3. The molecule has 6 heterocycles. The summed E-state index contributed by atoms with van der Waals surface area (Å²) in [6.45, 7) is 6.07. The van der Waals surface area contributed by atoms with Crippen LogP contribution in [0.5, 0.6) is 0 Å². The molecule has 2 aliphatic rings. The smallest absolute Gasteiger partial charge is 0.245 e. The lowest BCUT2D eigenvalue weighted by atomic mass is 10.1. The Morgan fingerprint density at radius 1 is 1.02 bits per heavy atom. The molecule has 0 spiro atoms. The highest BCUT2D eigenvalue weighted by molar-refractivity contribution is 5.93. The predicted molar refractivity (Wildman–Crippen MR) is 178 cm³/mol. The van der Waals surface area contributed by atoms with Crippen LogP contribution in [0.2, 0.25) is 0 Å². The van der Waals surface area contributed by atoms with Gasteiger partial charge in [0, 0.05) is 50.1 Å². The molecule has 49 heavy (non-hydrogen) atoms. The fraction of sp³-hybridized carbons (Fsp3) is 0.324. The van der Waals surface area contributed by atoms with Gasteiger partial charge in [-0.3, -0.25) is 4.79 Å². The number of benzene rings is 2. The summed E-state index contributed by atoms with van der Waals surface area (Å²) in [5.41, 5.74) is 3.79. The zero-order valence-electron chi connectivity index (χ0n) is 26.9. The van der Waals surface area contributed by atoms with Gasteiger partial charge in [0.1, 0.15) is 29.7 Å². The van der Waals surface area contributed by atoms with Crippen LogP contribution in [0.25, 0.3) is 39.0 Å². The van der Waals surface area contributed by atoms with Gasteiger partial charge in [-0.25, -0.2) is 38.4 Å². The molecule has 250 valence electrons. The maximum atomic E-state index is 14.8. The van der Waals surface area contributed by atoms with Crippen LogP contribution < -0.4 is 10.2 Å². The number of carbonyl (C=O) groups is 1.